The highest BCUT2D eigenvalue weighted by Gasteiger charge is 2.18. The lowest BCUT2D eigenvalue weighted by Crippen LogP contribution is -2.22. The van der Waals surface area contributed by atoms with Crippen molar-refractivity contribution in [2.75, 3.05) is 11.3 Å². The average Bonchev–Trinajstić information content (AvgIpc) is 2.80. The van der Waals surface area contributed by atoms with Crippen molar-refractivity contribution in [3.63, 3.8) is 0 Å². The van der Waals surface area contributed by atoms with E-state index in [1.807, 2.05) is 13.0 Å². The first-order chi connectivity index (χ1) is 15.4. The van der Waals surface area contributed by atoms with Crippen molar-refractivity contribution in [1.82, 2.24) is 10.3 Å². The summed E-state index contributed by atoms with van der Waals surface area (Å²) in [7, 11) is -3.70. The molecule has 32 heavy (non-hydrogen) atoms. The fourth-order valence-corrected chi connectivity index (χ4v) is 4.74. The minimum absolute atomic E-state index is 0.146. The van der Waals surface area contributed by atoms with Gasteiger partial charge in [-0.05, 0) is 86.2 Å². The number of carbonyl (C=O) groups is 1. The number of sulfonamides is 1. The van der Waals surface area contributed by atoms with Crippen LogP contribution >= 0.6 is 0 Å². The van der Waals surface area contributed by atoms with Gasteiger partial charge in [0.15, 0.2) is 0 Å². The Morgan fingerprint density at radius 2 is 1.75 bits per heavy atom. The fourth-order valence-electron chi connectivity index (χ4n) is 3.65. The third-order valence-electron chi connectivity index (χ3n) is 5.30. The predicted octanol–water partition coefficient (Wildman–Crippen LogP) is 4.30. The quantitative estimate of drug-likeness (QED) is 0.558. The molecule has 2 N–H and O–H groups in total. The smallest absolute Gasteiger partial charge is 0.261 e. The molecule has 0 aliphatic heterocycles. The number of aryl methyl sites for hydroxylation is 2. The standard InChI is InChI=1S/C24H25N3O4S/c1-2-25-24(28)18-7-11-21(12-8-18)31-23-14-10-20(16-26-23)27-32(29,30)22-13-9-17-5-3-4-6-19(17)15-22/h7-16,27H,2-6H2,1H3,(H,25,28). The molecular formula is C24H25N3O4S. The first-order valence-electron chi connectivity index (χ1n) is 10.6. The van der Waals surface area contributed by atoms with Gasteiger partial charge in [0.2, 0.25) is 5.88 Å². The summed E-state index contributed by atoms with van der Waals surface area (Å²) in [6.45, 7) is 2.42. The molecule has 166 valence electrons. The average molecular weight is 452 g/mol. The third-order valence-corrected chi connectivity index (χ3v) is 6.67. The highest BCUT2D eigenvalue weighted by molar-refractivity contribution is 7.92. The monoisotopic (exact) mass is 451 g/mol. The molecule has 0 saturated carbocycles. The van der Waals surface area contributed by atoms with E-state index in [4.69, 9.17) is 4.74 Å². The Kier molecular flexibility index (Phi) is 6.41. The number of nitrogens with one attached hydrogen (secondary N) is 2. The number of aromatic nitrogens is 1. The molecule has 7 nitrogen and oxygen atoms in total. The molecule has 0 saturated heterocycles. The van der Waals surface area contributed by atoms with Crippen molar-refractivity contribution < 1.29 is 17.9 Å². The largest absolute Gasteiger partial charge is 0.439 e. The summed E-state index contributed by atoms with van der Waals surface area (Å²) in [5, 5.41) is 2.73. The summed E-state index contributed by atoms with van der Waals surface area (Å²) in [4.78, 5) is 16.3. The molecule has 0 bridgehead atoms. The molecule has 2 aromatic carbocycles. The number of fused-ring (bicyclic) bond motifs is 1. The van der Waals surface area contributed by atoms with E-state index in [1.54, 1.807) is 48.5 Å². The number of hydrogen-bond acceptors (Lipinski definition) is 5. The molecule has 0 atom stereocenters. The van der Waals surface area contributed by atoms with Crippen LogP contribution in [-0.2, 0) is 22.9 Å². The summed E-state index contributed by atoms with van der Waals surface area (Å²) < 4.78 is 33.8. The Morgan fingerprint density at radius 1 is 1.00 bits per heavy atom. The van der Waals surface area contributed by atoms with E-state index in [-0.39, 0.29) is 10.8 Å². The Bertz CT molecular complexity index is 1210. The van der Waals surface area contributed by atoms with Gasteiger partial charge in [-0.25, -0.2) is 13.4 Å². The maximum Gasteiger partial charge on any atom is 0.261 e. The summed E-state index contributed by atoms with van der Waals surface area (Å²) in [6.07, 6.45) is 5.56. The number of ether oxygens (including phenoxy) is 1. The van der Waals surface area contributed by atoms with Crippen LogP contribution in [0, 0.1) is 0 Å². The van der Waals surface area contributed by atoms with Gasteiger partial charge < -0.3 is 10.1 Å². The first-order valence-corrected chi connectivity index (χ1v) is 12.1. The molecule has 1 aromatic heterocycles. The lowest BCUT2D eigenvalue weighted by molar-refractivity contribution is 0.0956. The molecule has 1 heterocycles. The van der Waals surface area contributed by atoms with Crippen LogP contribution in [0.4, 0.5) is 5.69 Å². The number of anilines is 1. The molecule has 0 unspecified atom stereocenters. The minimum atomic E-state index is -3.70. The van der Waals surface area contributed by atoms with Crippen LogP contribution < -0.4 is 14.8 Å². The van der Waals surface area contributed by atoms with E-state index in [1.165, 1.54) is 11.8 Å². The van der Waals surface area contributed by atoms with E-state index in [2.05, 4.69) is 15.0 Å². The summed E-state index contributed by atoms with van der Waals surface area (Å²) in [6, 6.07) is 15.2. The number of pyridine rings is 1. The number of nitrogens with zero attached hydrogens (tertiary/aromatic N) is 1. The maximum atomic E-state index is 12.8. The Balaban J connectivity index is 1.42. The lowest BCUT2D eigenvalue weighted by atomic mass is 9.92. The van der Waals surface area contributed by atoms with Crippen LogP contribution in [-0.4, -0.2) is 25.9 Å². The first kappa shape index (κ1) is 21.8. The predicted molar refractivity (Wildman–Crippen MR) is 123 cm³/mol. The Labute approximate surface area is 187 Å². The zero-order valence-corrected chi connectivity index (χ0v) is 18.6. The summed E-state index contributed by atoms with van der Waals surface area (Å²) >= 11 is 0. The van der Waals surface area contributed by atoms with Crippen molar-refractivity contribution in [2.45, 2.75) is 37.5 Å². The normalized spacial score (nSPS) is 13.2. The van der Waals surface area contributed by atoms with Gasteiger partial charge in [-0.1, -0.05) is 6.07 Å². The zero-order chi connectivity index (χ0) is 22.6. The number of benzene rings is 2. The summed E-state index contributed by atoms with van der Waals surface area (Å²) in [5.74, 6) is 0.688. The molecule has 0 fully saturated rings. The molecule has 0 spiro atoms. The van der Waals surface area contributed by atoms with Gasteiger partial charge in [-0.15, -0.1) is 0 Å². The molecule has 3 aromatic rings. The van der Waals surface area contributed by atoms with Gasteiger partial charge in [-0.2, -0.15) is 0 Å². The van der Waals surface area contributed by atoms with Gasteiger partial charge in [0.1, 0.15) is 5.75 Å². The van der Waals surface area contributed by atoms with Crippen LogP contribution in [0.3, 0.4) is 0 Å². The van der Waals surface area contributed by atoms with Crippen molar-refractivity contribution in [3.05, 3.63) is 77.5 Å². The Morgan fingerprint density at radius 3 is 2.44 bits per heavy atom. The van der Waals surface area contributed by atoms with E-state index >= 15 is 0 Å². The summed E-state index contributed by atoms with van der Waals surface area (Å²) in [5.41, 5.74) is 3.23. The van der Waals surface area contributed by atoms with Crippen molar-refractivity contribution >= 4 is 21.6 Å². The SMILES string of the molecule is CCNC(=O)c1ccc(Oc2ccc(NS(=O)(=O)c3ccc4c(c3)CCCC4)cn2)cc1. The third kappa shape index (κ3) is 5.08. The van der Waals surface area contributed by atoms with E-state index in [0.29, 0.717) is 29.4 Å². The molecule has 1 aliphatic carbocycles. The fraction of sp³-hybridized carbons (Fsp3) is 0.250. The van der Waals surface area contributed by atoms with Crippen LogP contribution in [0.2, 0.25) is 0 Å². The molecule has 0 radical (unpaired) electrons. The second kappa shape index (κ2) is 9.40. The van der Waals surface area contributed by atoms with E-state index in [9.17, 15) is 13.2 Å². The van der Waals surface area contributed by atoms with Gasteiger partial charge in [0, 0.05) is 18.2 Å². The highest BCUT2D eigenvalue weighted by Crippen LogP contribution is 2.26. The Hall–Kier alpha value is -3.39. The maximum absolute atomic E-state index is 12.8. The minimum Gasteiger partial charge on any atom is -0.439 e. The second-order valence-corrected chi connectivity index (χ2v) is 9.30. The molecule has 1 amide bonds. The highest BCUT2D eigenvalue weighted by atomic mass is 32.2. The van der Waals surface area contributed by atoms with Crippen LogP contribution in [0.5, 0.6) is 11.6 Å². The van der Waals surface area contributed by atoms with Gasteiger partial charge in [0.25, 0.3) is 15.9 Å². The van der Waals surface area contributed by atoms with Crippen LogP contribution in [0.15, 0.2) is 65.7 Å². The van der Waals surface area contributed by atoms with E-state index in [0.717, 1.165) is 31.2 Å². The van der Waals surface area contributed by atoms with E-state index < -0.39 is 10.0 Å². The second-order valence-electron chi connectivity index (χ2n) is 7.61. The molecule has 1 aliphatic rings. The number of hydrogen-bond donors (Lipinski definition) is 2. The topological polar surface area (TPSA) is 97.4 Å². The molecule has 4 rings (SSSR count). The van der Waals surface area contributed by atoms with Crippen molar-refractivity contribution in [1.29, 1.82) is 0 Å². The molecular weight excluding hydrogens is 426 g/mol. The van der Waals surface area contributed by atoms with Crippen LogP contribution in [0.1, 0.15) is 41.3 Å². The lowest BCUT2D eigenvalue weighted by Gasteiger charge is -2.17. The van der Waals surface area contributed by atoms with Gasteiger partial charge in [-0.3, -0.25) is 9.52 Å². The number of amides is 1. The van der Waals surface area contributed by atoms with Crippen molar-refractivity contribution in [2.24, 2.45) is 0 Å². The zero-order valence-electron chi connectivity index (χ0n) is 17.8. The van der Waals surface area contributed by atoms with Gasteiger partial charge in [0.05, 0.1) is 16.8 Å². The molecule has 8 heteroatoms. The van der Waals surface area contributed by atoms with Gasteiger partial charge >= 0.3 is 0 Å². The number of rotatable bonds is 7. The van der Waals surface area contributed by atoms with Crippen LogP contribution in [0.25, 0.3) is 0 Å². The number of carbonyl (C=O) groups excluding carboxylic acids is 1. The van der Waals surface area contributed by atoms with Crippen molar-refractivity contribution in [3.8, 4) is 11.6 Å².